The molecule has 0 spiro atoms. The highest BCUT2D eigenvalue weighted by molar-refractivity contribution is 6.42. The fourth-order valence-corrected chi connectivity index (χ4v) is 1.88. The molecule has 1 unspecified atom stereocenters. The van der Waals surface area contributed by atoms with E-state index in [2.05, 4.69) is 0 Å². The number of hydrogen-bond donors (Lipinski definition) is 2. The molecular formula is C5H16N2O2Si. The molecule has 0 aromatic rings. The summed E-state index contributed by atoms with van der Waals surface area (Å²) in [7, 11) is -1.58. The van der Waals surface area contributed by atoms with E-state index in [0.29, 0.717) is 6.61 Å². The predicted octanol–water partition coefficient (Wildman–Crippen LogP) is -0.519. The largest absolute Gasteiger partial charge is 0.397 e. The lowest BCUT2D eigenvalue weighted by Crippen LogP contribution is -2.52. The molecule has 0 saturated heterocycles. The first-order chi connectivity index (χ1) is 4.45. The van der Waals surface area contributed by atoms with Gasteiger partial charge in [0.05, 0.1) is 0 Å². The maximum absolute atomic E-state index is 5.38. The monoisotopic (exact) mass is 164 g/mol. The number of hydrogen-bond acceptors (Lipinski definition) is 4. The van der Waals surface area contributed by atoms with Crippen molar-refractivity contribution in [2.45, 2.75) is 26.2 Å². The standard InChI is InChI=1S/C5H16N2O2Si/c1-4-8-10(3)9-5(2,6)7/h10H,4,6-7H2,1-3H3. The maximum atomic E-state index is 5.38. The Hall–Kier alpha value is 0.0569. The van der Waals surface area contributed by atoms with Crippen molar-refractivity contribution in [2.75, 3.05) is 6.61 Å². The van der Waals surface area contributed by atoms with Crippen LogP contribution >= 0.6 is 0 Å². The SMILES string of the molecule is CCO[SiH](C)OC(C)(N)N. The smallest absolute Gasteiger partial charge is 0.320 e. The van der Waals surface area contributed by atoms with Gasteiger partial charge in [0.2, 0.25) is 0 Å². The highest BCUT2D eigenvalue weighted by Crippen LogP contribution is 1.96. The zero-order valence-corrected chi connectivity index (χ0v) is 7.91. The molecule has 1 atom stereocenters. The van der Waals surface area contributed by atoms with Crippen LogP contribution in [-0.4, -0.2) is 21.7 Å². The Morgan fingerprint density at radius 1 is 1.50 bits per heavy atom. The summed E-state index contributed by atoms with van der Waals surface area (Å²) in [5.41, 5.74) is 10.8. The van der Waals surface area contributed by atoms with E-state index in [4.69, 9.17) is 20.3 Å². The minimum atomic E-state index is -1.58. The molecule has 62 valence electrons. The summed E-state index contributed by atoms with van der Waals surface area (Å²) in [6, 6.07) is 0. The molecule has 5 heteroatoms. The van der Waals surface area contributed by atoms with Gasteiger partial charge in [-0.1, -0.05) is 0 Å². The molecule has 0 amide bonds. The molecule has 0 aliphatic heterocycles. The van der Waals surface area contributed by atoms with Crippen molar-refractivity contribution >= 4 is 9.28 Å². The van der Waals surface area contributed by atoms with Gasteiger partial charge in [0.1, 0.15) is 0 Å². The second-order valence-corrected chi connectivity index (χ2v) is 4.03. The Kier molecular flexibility index (Phi) is 4.07. The topological polar surface area (TPSA) is 70.5 Å². The van der Waals surface area contributed by atoms with E-state index >= 15 is 0 Å². The lowest BCUT2D eigenvalue weighted by molar-refractivity contribution is 0.0658. The van der Waals surface area contributed by atoms with Gasteiger partial charge in [-0.25, -0.2) is 0 Å². The molecule has 0 saturated carbocycles. The minimum Gasteiger partial charge on any atom is -0.397 e. The Morgan fingerprint density at radius 3 is 2.30 bits per heavy atom. The third-order valence-corrected chi connectivity index (χ3v) is 2.46. The molecule has 0 rings (SSSR count). The van der Waals surface area contributed by atoms with E-state index in [1.807, 2.05) is 13.5 Å². The predicted molar refractivity (Wildman–Crippen MR) is 42.5 cm³/mol. The Bertz CT molecular complexity index is 94.1. The Balaban J connectivity index is 3.47. The van der Waals surface area contributed by atoms with Crippen LogP contribution in [0.15, 0.2) is 0 Å². The quantitative estimate of drug-likeness (QED) is 0.433. The fourth-order valence-electron chi connectivity index (χ4n) is 0.626. The zero-order valence-electron chi connectivity index (χ0n) is 6.76. The van der Waals surface area contributed by atoms with Crippen molar-refractivity contribution in [3.05, 3.63) is 0 Å². The first kappa shape index (κ1) is 10.1. The summed E-state index contributed by atoms with van der Waals surface area (Å²) in [5, 5.41) is 0. The van der Waals surface area contributed by atoms with Crippen LogP contribution in [0.5, 0.6) is 0 Å². The summed E-state index contributed by atoms with van der Waals surface area (Å²) in [4.78, 5) is 0. The second-order valence-electron chi connectivity index (χ2n) is 2.32. The summed E-state index contributed by atoms with van der Waals surface area (Å²) in [6.45, 7) is 6.07. The van der Waals surface area contributed by atoms with Crippen LogP contribution in [-0.2, 0) is 8.85 Å². The molecular weight excluding hydrogens is 148 g/mol. The highest BCUT2D eigenvalue weighted by atomic mass is 28.3. The first-order valence-electron chi connectivity index (χ1n) is 3.33. The van der Waals surface area contributed by atoms with Gasteiger partial charge in [-0.05, 0) is 20.4 Å². The highest BCUT2D eigenvalue weighted by Gasteiger charge is 2.16. The fraction of sp³-hybridized carbons (Fsp3) is 1.00. The zero-order chi connectivity index (χ0) is 8.20. The van der Waals surface area contributed by atoms with Crippen molar-refractivity contribution in [1.29, 1.82) is 0 Å². The van der Waals surface area contributed by atoms with Crippen LogP contribution in [0, 0.1) is 0 Å². The first-order valence-corrected chi connectivity index (χ1v) is 5.42. The van der Waals surface area contributed by atoms with Crippen molar-refractivity contribution in [3.8, 4) is 0 Å². The molecule has 10 heavy (non-hydrogen) atoms. The molecule has 0 aliphatic carbocycles. The van der Waals surface area contributed by atoms with Gasteiger partial charge < -0.3 is 8.85 Å². The molecule has 0 radical (unpaired) electrons. The van der Waals surface area contributed by atoms with Crippen molar-refractivity contribution in [1.82, 2.24) is 0 Å². The van der Waals surface area contributed by atoms with E-state index in [1.165, 1.54) is 0 Å². The normalized spacial score (nSPS) is 15.3. The molecule has 4 N–H and O–H groups in total. The van der Waals surface area contributed by atoms with Crippen molar-refractivity contribution in [2.24, 2.45) is 11.5 Å². The Morgan fingerprint density at radius 2 is 2.00 bits per heavy atom. The van der Waals surface area contributed by atoms with Crippen LogP contribution < -0.4 is 11.5 Å². The van der Waals surface area contributed by atoms with E-state index in [9.17, 15) is 0 Å². The van der Waals surface area contributed by atoms with Gasteiger partial charge >= 0.3 is 9.28 Å². The third-order valence-electron chi connectivity index (χ3n) is 0.821. The molecule has 4 nitrogen and oxygen atoms in total. The van der Waals surface area contributed by atoms with Gasteiger partial charge in [0.25, 0.3) is 0 Å². The molecule has 0 heterocycles. The molecule has 0 aromatic carbocycles. The summed E-state index contributed by atoms with van der Waals surface area (Å²) < 4.78 is 10.3. The van der Waals surface area contributed by atoms with Gasteiger partial charge in [-0.3, -0.25) is 11.5 Å². The van der Waals surface area contributed by atoms with E-state index in [-0.39, 0.29) is 0 Å². The summed E-state index contributed by atoms with van der Waals surface area (Å²) in [5.74, 6) is -1.04. The van der Waals surface area contributed by atoms with Crippen molar-refractivity contribution < 1.29 is 8.85 Å². The van der Waals surface area contributed by atoms with Crippen molar-refractivity contribution in [3.63, 3.8) is 0 Å². The summed E-state index contributed by atoms with van der Waals surface area (Å²) in [6.07, 6.45) is 0. The van der Waals surface area contributed by atoms with Crippen LogP contribution in [0.25, 0.3) is 0 Å². The van der Waals surface area contributed by atoms with Gasteiger partial charge in [0.15, 0.2) is 5.85 Å². The number of rotatable bonds is 4. The summed E-state index contributed by atoms with van der Waals surface area (Å²) >= 11 is 0. The van der Waals surface area contributed by atoms with Gasteiger partial charge in [0, 0.05) is 6.61 Å². The lowest BCUT2D eigenvalue weighted by Gasteiger charge is -2.23. The van der Waals surface area contributed by atoms with Crippen LogP contribution in [0.3, 0.4) is 0 Å². The van der Waals surface area contributed by atoms with Gasteiger partial charge in [-0.15, -0.1) is 0 Å². The molecule has 0 aromatic heterocycles. The van der Waals surface area contributed by atoms with Crippen LogP contribution in [0.4, 0.5) is 0 Å². The lowest BCUT2D eigenvalue weighted by atomic mass is 10.6. The maximum Gasteiger partial charge on any atom is 0.320 e. The second kappa shape index (κ2) is 4.04. The van der Waals surface area contributed by atoms with E-state index < -0.39 is 15.1 Å². The average Bonchev–Trinajstić information content (AvgIpc) is 1.59. The molecule has 0 fully saturated rings. The van der Waals surface area contributed by atoms with Crippen LogP contribution in [0.1, 0.15) is 13.8 Å². The Labute approximate surface area is 63.3 Å². The number of nitrogens with two attached hydrogens (primary N) is 2. The van der Waals surface area contributed by atoms with Crippen LogP contribution in [0.2, 0.25) is 6.55 Å². The minimum absolute atomic E-state index is 0.656. The third kappa shape index (κ3) is 6.18. The van der Waals surface area contributed by atoms with E-state index in [1.54, 1.807) is 6.92 Å². The molecule has 0 aliphatic rings. The van der Waals surface area contributed by atoms with Gasteiger partial charge in [-0.2, -0.15) is 0 Å². The van der Waals surface area contributed by atoms with E-state index in [0.717, 1.165) is 0 Å². The molecule has 0 bridgehead atoms. The average molecular weight is 164 g/mol.